The van der Waals surface area contributed by atoms with Crippen LogP contribution in [0.4, 0.5) is 0 Å². The minimum absolute atomic E-state index is 0.125. The van der Waals surface area contributed by atoms with Crippen LogP contribution in [0, 0.1) is 33.5 Å². The Morgan fingerprint density at radius 3 is 2.55 bits per heavy atom. The Bertz CT molecular complexity index is 583. The Morgan fingerprint density at radius 2 is 1.95 bits per heavy atom. The summed E-state index contributed by atoms with van der Waals surface area (Å²) in [7, 11) is 0. The molecule has 1 aromatic heterocycles. The molecule has 4 nitrogen and oxygen atoms in total. The van der Waals surface area contributed by atoms with E-state index in [1.165, 1.54) is 55.2 Å². The van der Waals surface area contributed by atoms with Gasteiger partial charge in [0.2, 0.25) is 5.91 Å². The number of amides is 1. The summed E-state index contributed by atoms with van der Waals surface area (Å²) in [4.78, 5) is 12.1. The molecule has 1 amide bonds. The molecule has 2 N–H and O–H groups in total. The predicted octanol–water partition coefficient (Wildman–Crippen LogP) is 3.48. The fraction of sp³-hybridized carbons (Fsp3) is 0.800. The molecule has 4 aliphatic rings. The van der Waals surface area contributed by atoms with Crippen molar-refractivity contribution in [3.8, 4) is 0 Å². The second-order valence-corrected chi connectivity index (χ2v) is 9.95. The lowest BCUT2D eigenvalue weighted by molar-refractivity contribution is -0.119. The van der Waals surface area contributed by atoms with Gasteiger partial charge < -0.3 is 5.32 Å². The third-order valence-electron chi connectivity index (χ3n) is 5.70. The fourth-order valence-corrected chi connectivity index (χ4v) is 6.97. The highest BCUT2D eigenvalue weighted by Crippen LogP contribution is 2.56. The molecule has 0 atom stereocenters. The SMILES string of the molecule is O=C(CSc1n[nH]c(=S)s1)NCC1C2CC3CC(C2)CC1C3. The van der Waals surface area contributed by atoms with E-state index in [4.69, 9.17) is 12.2 Å². The van der Waals surface area contributed by atoms with Crippen molar-refractivity contribution in [3.63, 3.8) is 0 Å². The van der Waals surface area contributed by atoms with Gasteiger partial charge in [-0.25, -0.2) is 0 Å². The monoisotopic (exact) mass is 355 g/mol. The topological polar surface area (TPSA) is 57.8 Å². The number of carbonyl (C=O) groups excluding carboxylic acids is 1. The second-order valence-electron chi connectivity index (χ2n) is 7.07. The molecule has 0 radical (unpaired) electrons. The van der Waals surface area contributed by atoms with Crippen LogP contribution in [0.15, 0.2) is 4.34 Å². The van der Waals surface area contributed by atoms with E-state index in [9.17, 15) is 4.79 Å². The van der Waals surface area contributed by atoms with Crippen molar-refractivity contribution < 1.29 is 4.79 Å². The molecule has 4 fully saturated rings. The van der Waals surface area contributed by atoms with Crippen molar-refractivity contribution in [1.82, 2.24) is 15.5 Å². The number of thioether (sulfide) groups is 1. The Kier molecular flexibility index (Phi) is 4.30. The molecule has 4 aliphatic carbocycles. The van der Waals surface area contributed by atoms with Gasteiger partial charge in [0, 0.05) is 6.54 Å². The fourth-order valence-electron chi connectivity index (χ4n) is 5.06. The summed E-state index contributed by atoms with van der Waals surface area (Å²) < 4.78 is 1.51. The first-order chi connectivity index (χ1) is 10.7. The summed E-state index contributed by atoms with van der Waals surface area (Å²) in [6.45, 7) is 0.879. The van der Waals surface area contributed by atoms with E-state index in [0.29, 0.717) is 9.71 Å². The molecule has 0 spiro atoms. The minimum atomic E-state index is 0.125. The number of aromatic nitrogens is 2. The van der Waals surface area contributed by atoms with E-state index < -0.39 is 0 Å². The number of hydrogen-bond acceptors (Lipinski definition) is 5. The number of hydrogen-bond donors (Lipinski definition) is 2. The number of aromatic amines is 1. The molecular formula is C15H21N3OS3. The summed E-state index contributed by atoms with van der Waals surface area (Å²) in [5.41, 5.74) is 0. The summed E-state index contributed by atoms with van der Waals surface area (Å²) in [6.07, 6.45) is 7.15. The number of H-pyrrole nitrogens is 1. The molecule has 4 saturated carbocycles. The normalized spacial score (nSPS) is 35.7. The molecule has 0 aliphatic heterocycles. The molecule has 120 valence electrons. The van der Waals surface area contributed by atoms with Crippen molar-refractivity contribution in [2.24, 2.45) is 29.6 Å². The van der Waals surface area contributed by atoms with E-state index in [-0.39, 0.29) is 5.91 Å². The smallest absolute Gasteiger partial charge is 0.230 e. The van der Waals surface area contributed by atoms with E-state index in [1.54, 1.807) is 0 Å². The highest BCUT2D eigenvalue weighted by atomic mass is 32.2. The van der Waals surface area contributed by atoms with Crippen LogP contribution in [0.5, 0.6) is 0 Å². The molecule has 1 heterocycles. The molecule has 4 bridgehead atoms. The summed E-state index contributed by atoms with van der Waals surface area (Å²) >= 11 is 7.88. The largest absolute Gasteiger partial charge is 0.355 e. The first kappa shape index (κ1) is 15.1. The lowest BCUT2D eigenvalue weighted by Gasteiger charge is -2.54. The Labute approximate surface area is 143 Å². The zero-order valence-corrected chi connectivity index (χ0v) is 14.9. The highest BCUT2D eigenvalue weighted by molar-refractivity contribution is 8.01. The van der Waals surface area contributed by atoms with Crippen LogP contribution >= 0.6 is 35.3 Å². The molecule has 0 saturated heterocycles. The maximum absolute atomic E-state index is 12.1. The van der Waals surface area contributed by atoms with Gasteiger partial charge in [-0.3, -0.25) is 9.89 Å². The van der Waals surface area contributed by atoms with E-state index >= 15 is 0 Å². The third kappa shape index (κ3) is 3.12. The Morgan fingerprint density at radius 1 is 1.27 bits per heavy atom. The zero-order chi connectivity index (χ0) is 15.1. The zero-order valence-electron chi connectivity index (χ0n) is 12.4. The molecule has 0 unspecified atom stereocenters. The first-order valence-electron chi connectivity index (χ1n) is 8.12. The quantitative estimate of drug-likeness (QED) is 0.627. The number of rotatable bonds is 5. The van der Waals surface area contributed by atoms with Gasteiger partial charge in [-0.05, 0) is 73.9 Å². The molecular weight excluding hydrogens is 334 g/mol. The predicted molar refractivity (Wildman–Crippen MR) is 91.6 cm³/mol. The maximum atomic E-state index is 12.1. The van der Waals surface area contributed by atoms with Crippen molar-refractivity contribution in [2.45, 2.75) is 36.4 Å². The average molecular weight is 356 g/mol. The van der Waals surface area contributed by atoms with Crippen LogP contribution < -0.4 is 5.32 Å². The van der Waals surface area contributed by atoms with E-state index in [1.807, 2.05) is 0 Å². The van der Waals surface area contributed by atoms with Crippen LogP contribution in [-0.4, -0.2) is 28.4 Å². The van der Waals surface area contributed by atoms with E-state index in [2.05, 4.69) is 15.5 Å². The van der Waals surface area contributed by atoms with Gasteiger partial charge in [0.05, 0.1) is 5.75 Å². The van der Waals surface area contributed by atoms with E-state index in [0.717, 1.165) is 40.5 Å². The van der Waals surface area contributed by atoms with Gasteiger partial charge in [-0.2, -0.15) is 5.10 Å². The van der Waals surface area contributed by atoms with Gasteiger partial charge in [-0.1, -0.05) is 23.1 Å². The van der Waals surface area contributed by atoms with Crippen LogP contribution in [0.2, 0.25) is 0 Å². The van der Waals surface area contributed by atoms with Crippen molar-refractivity contribution in [2.75, 3.05) is 12.3 Å². The summed E-state index contributed by atoms with van der Waals surface area (Å²) in [5, 5.41) is 9.98. The van der Waals surface area contributed by atoms with Gasteiger partial charge >= 0.3 is 0 Å². The lowest BCUT2D eigenvalue weighted by atomic mass is 9.52. The van der Waals surface area contributed by atoms with Crippen LogP contribution in [0.1, 0.15) is 32.1 Å². The minimum Gasteiger partial charge on any atom is -0.355 e. The third-order valence-corrected chi connectivity index (χ3v) is 7.93. The molecule has 7 heteroatoms. The average Bonchev–Trinajstić information content (AvgIpc) is 2.89. The standard InChI is InChI=1S/C15H21N3OS3/c19-13(7-21-15-18-17-14(20)22-15)16-6-12-10-2-8-1-9(4-10)5-11(12)3-8/h8-12H,1-7H2,(H,16,19)(H,17,20). The summed E-state index contributed by atoms with van der Waals surface area (Å²) in [5.74, 6) is 5.04. The van der Waals surface area contributed by atoms with Gasteiger partial charge in [0.25, 0.3) is 0 Å². The summed E-state index contributed by atoms with van der Waals surface area (Å²) in [6, 6.07) is 0. The highest BCUT2D eigenvalue weighted by Gasteiger charge is 2.47. The molecule has 5 rings (SSSR count). The van der Waals surface area contributed by atoms with Crippen LogP contribution in [0.3, 0.4) is 0 Å². The molecule has 22 heavy (non-hydrogen) atoms. The van der Waals surface area contributed by atoms with Gasteiger partial charge in [0.1, 0.15) is 0 Å². The first-order valence-corrected chi connectivity index (χ1v) is 10.3. The lowest BCUT2D eigenvalue weighted by Crippen LogP contribution is -2.49. The van der Waals surface area contributed by atoms with Crippen LogP contribution in [-0.2, 0) is 4.79 Å². The van der Waals surface area contributed by atoms with Crippen molar-refractivity contribution >= 4 is 41.2 Å². The number of nitrogens with one attached hydrogen (secondary N) is 2. The van der Waals surface area contributed by atoms with Gasteiger partial charge in [-0.15, -0.1) is 0 Å². The Balaban J connectivity index is 1.26. The molecule has 1 aromatic rings. The maximum Gasteiger partial charge on any atom is 0.230 e. The molecule has 0 aromatic carbocycles. The number of carbonyl (C=O) groups is 1. The van der Waals surface area contributed by atoms with Crippen molar-refractivity contribution in [1.29, 1.82) is 0 Å². The van der Waals surface area contributed by atoms with Crippen LogP contribution in [0.25, 0.3) is 0 Å². The van der Waals surface area contributed by atoms with Crippen molar-refractivity contribution in [3.05, 3.63) is 3.95 Å². The number of nitrogens with zero attached hydrogens (tertiary/aromatic N) is 1. The second kappa shape index (κ2) is 6.24. The van der Waals surface area contributed by atoms with Gasteiger partial charge in [0.15, 0.2) is 8.29 Å². The Hall–Kier alpha value is -0.400.